The van der Waals surface area contributed by atoms with Crippen molar-refractivity contribution in [3.8, 4) is 0 Å². The van der Waals surface area contributed by atoms with Crippen molar-refractivity contribution < 1.29 is 9.63 Å². The zero-order valence-electron chi connectivity index (χ0n) is 12.3. The van der Waals surface area contributed by atoms with Crippen molar-refractivity contribution in [2.45, 2.75) is 70.3 Å². The molecule has 2 saturated carbocycles. The molecule has 2 aliphatic carbocycles. The highest BCUT2D eigenvalue weighted by atomic mass is 16.6. The van der Waals surface area contributed by atoms with Crippen molar-refractivity contribution in [3.05, 3.63) is 0 Å². The topological polar surface area (TPSA) is 76.7 Å². The van der Waals surface area contributed by atoms with Crippen molar-refractivity contribution >= 4 is 11.7 Å². The molecule has 0 spiro atoms. The van der Waals surface area contributed by atoms with Crippen LogP contribution >= 0.6 is 0 Å². The second-order valence-corrected chi connectivity index (χ2v) is 6.03. The van der Waals surface area contributed by atoms with Crippen LogP contribution in [-0.2, 0) is 9.63 Å². The van der Waals surface area contributed by atoms with Crippen LogP contribution in [0.2, 0.25) is 0 Å². The fraction of sp³-hybridized carbons (Fsp3) is 0.867. The molecule has 0 saturated heterocycles. The number of nitrogens with one attached hydrogen (secondary N) is 1. The second kappa shape index (κ2) is 8.12. The van der Waals surface area contributed by atoms with E-state index in [1.54, 1.807) is 0 Å². The lowest BCUT2D eigenvalue weighted by atomic mass is 10.1. The quantitative estimate of drug-likeness (QED) is 0.351. The molecular weight excluding hydrogens is 254 g/mol. The van der Waals surface area contributed by atoms with Crippen molar-refractivity contribution in [3.63, 3.8) is 0 Å². The standard InChI is InChI=1S/C15H27N3O2/c16-15(12-7-5-6-8-12)18-20-11-14(19)17-13-9-3-1-2-4-10-13/h12-13H,1-11H2,(H2,16,18)(H,17,19). The summed E-state index contributed by atoms with van der Waals surface area (Å²) in [4.78, 5) is 16.9. The van der Waals surface area contributed by atoms with Gasteiger partial charge >= 0.3 is 0 Å². The van der Waals surface area contributed by atoms with Gasteiger partial charge in [0.25, 0.3) is 5.91 Å². The predicted octanol–water partition coefficient (Wildman–Crippen LogP) is 2.30. The Morgan fingerprint density at radius 3 is 2.30 bits per heavy atom. The molecular formula is C15H27N3O2. The molecule has 0 unspecified atom stereocenters. The second-order valence-electron chi connectivity index (χ2n) is 6.03. The van der Waals surface area contributed by atoms with Gasteiger partial charge in [-0.25, -0.2) is 0 Å². The number of hydrogen-bond donors (Lipinski definition) is 2. The Bertz CT molecular complexity index is 330. The van der Waals surface area contributed by atoms with Gasteiger partial charge in [0.05, 0.1) is 0 Å². The van der Waals surface area contributed by atoms with E-state index in [-0.39, 0.29) is 12.5 Å². The molecule has 2 fully saturated rings. The molecule has 0 aromatic heterocycles. The molecule has 2 aliphatic rings. The van der Waals surface area contributed by atoms with Crippen LogP contribution in [-0.4, -0.2) is 24.4 Å². The summed E-state index contributed by atoms with van der Waals surface area (Å²) in [5.41, 5.74) is 5.86. The Kier molecular flexibility index (Phi) is 6.15. The molecule has 2 rings (SSSR count). The monoisotopic (exact) mass is 281 g/mol. The average molecular weight is 281 g/mol. The Balaban J connectivity index is 1.65. The van der Waals surface area contributed by atoms with Crippen molar-refractivity contribution in [2.75, 3.05) is 6.61 Å². The Labute approximate surface area is 121 Å². The molecule has 0 atom stereocenters. The van der Waals surface area contributed by atoms with Gasteiger partial charge in [0, 0.05) is 12.0 Å². The number of carbonyl (C=O) groups excluding carboxylic acids is 1. The average Bonchev–Trinajstić information content (AvgIpc) is 2.85. The van der Waals surface area contributed by atoms with Crippen LogP contribution in [0.4, 0.5) is 0 Å². The molecule has 0 aromatic carbocycles. The number of nitrogens with two attached hydrogens (primary N) is 1. The third-order valence-electron chi connectivity index (χ3n) is 4.36. The van der Waals surface area contributed by atoms with Crippen LogP contribution < -0.4 is 11.1 Å². The fourth-order valence-corrected chi connectivity index (χ4v) is 3.15. The van der Waals surface area contributed by atoms with Crippen molar-refractivity contribution in [1.82, 2.24) is 5.32 Å². The van der Waals surface area contributed by atoms with Crippen LogP contribution in [0.25, 0.3) is 0 Å². The number of nitrogens with zero attached hydrogens (tertiary/aromatic N) is 1. The maximum atomic E-state index is 11.8. The zero-order valence-corrected chi connectivity index (χ0v) is 12.3. The van der Waals surface area contributed by atoms with Gasteiger partial charge in [-0.3, -0.25) is 4.79 Å². The van der Waals surface area contributed by atoms with Crippen LogP contribution in [0.15, 0.2) is 5.16 Å². The van der Waals surface area contributed by atoms with Gasteiger partial charge in [0.1, 0.15) is 5.84 Å². The van der Waals surface area contributed by atoms with Gasteiger partial charge in [0.2, 0.25) is 0 Å². The first kappa shape index (κ1) is 15.1. The molecule has 0 aromatic rings. The molecule has 5 heteroatoms. The van der Waals surface area contributed by atoms with E-state index in [1.165, 1.54) is 38.5 Å². The Hall–Kier alpha value is -1.26. The van der Waals surface area contributed by atoms with E-state index in [4.69, 9.17) is 10.6 Å². The lowest BCUT2D eigenvalue weighted by molar-refractivity contribution is -0.126. The molecule has 1 amide bonds. The van der Waals surface area contributed by atoms with E-state index >= 15 is 0 Å². The largest absolute Gasteiger partial charge is 0.384 e. The number of amides is 1. The fourth-order valence-electron chi connectivity index (χ4n) is 3.15. The van der Waals surface area contributed by atoms with E-state index in [9.17, 15) is 4.79 Å². The first-order valence-corrected chi connectivity index (χ1v) is 8.00. The molecule has 0 radical (unpaired) electrons. The van der Waals surface area contributed by atoms with Crippen molar-refractivity contribution in [1.29, 1.82) is 0 Å². The molecule has 0 heterocycles. The highest BCUT2D eigenvalue weighted by Crippen LogP contribution is 2.24. The number of carbonyl (C=O) groups is 1. The van der Waals surface area contributed by atoms with Crippen LogP contribution in [0.3, 0.4) is 0 Å². The minimum Gasteiger partial charge on any atom is -0.384 e. The molecule has 3 N–H and O–H groups in total. The van der Waals surface area contributed by atoms with Crippen LogP contribution in [0.5, 0.6) is 0 Å². The van der Waals surface area contributed by atoms with Gasteiger partial charge in [0.15, 0.2) is 6.61 Å². The van der Waals surface area contributed by atoms with Crippen molar-refractivity contribution in [2.24, 2.45) is 16.8 Å². The summed E-state index contributed by atoms with van der Waals surface area (Å²) >= 11 is 0. The number of rotatable bonds is 5. The lowest BCUT2D eigenvalue weighted by Gasteiger charge is -2.15. The number of amidine groups is 1. The van der Waals surface area contributed by atoms with Gasteiger partial charge < -0.3 is 15.9 Å². The third-order valence-corrected chi connectivity index (χ3v) is 4.36. The van der Waals surface area contributed by atoms with Crippen LogP contribution in [0.1, 0.15) is 64.2 Å². The molecule has 20 heavy (non-hydrogen) atoms. The molecule has 5 nitrogen and oxygen atoms in total. The van der Waals surface area contributed by atoms with Gasteiger partial charge in [-0.05, 0) is 25.7 Å². The van der Waals surface area contributed by atoms with Crippen LogP contribution in [0, 0.1) is 5.92 Å². The van der Waals surface area contributed by atoms with E-state index in [1.807, 2.05) is 0 Å². The molecule has 0 aliphatic heterocycles. The maximum Gasteiger partial charge on any atom is 0.260 e. The predicted molar refractivity (Wildman–Crippen MR) is 79.2 cm³/mol. The Morgan fingerprint density at radius 2 is 1.65 bits per heavy atom. The minimum atomic E-state index is -0.0835. The SMILES string of the molecule is NC(=NOCC(=O)NC1CCCCCC1)C1CCCC1. The summed E-state index contributed by atoms with van der Waals surface area (Å²) in [6.07, 6.45) is 11.7. The summed E-state index contributed by atoms with van der Waals surface area (Å²) < 4.78 is 0. The molecule has 0 bridgehead atoms. The van der Waals surface area contributed by atoms with E-state index in [0.29, 0.717) is 17.8 Å². The summed E-state index contributed by atoms with van der Waals surface area (Å²) in [5.74, 6) is 0.810. The highest BCUT2D eigenvalue weighted by Gasteiger charge is 2.19. The number of hydrogen-bond acceptors (Lipinski definition) is 3. The van der Waals surface area contributed by atoms with E-state index in [0.717, 1.165) is 25.7 Å². The van der Waals surface area contributed by atoms with Gasteiger partial charge in [-0.15, -0.1) is 0 Å². The normalized spacial score (nSPS) is 22.5. The Morgan fingerprint density at radius 1 is 1.05 bits per heavy atom. The summed E-state index contributed by atoms with van der Waals surface area (Å²) in [5, 5.41) is 6.92. The maximum absolute atomic E-state index is 11.8. The van der Waals surface area contributed by atoms with Gasteiger partial charge in [-0.1, -0.05) is 43.7 Å². The first-order chi connectivity index (χ1) is 9.75. The zero-order chi connectivity index (χ0) is 14.2. The molecule has 114 valence electrons. The first-order valence-electron chi connectivity index (χ1n) is 8.00. The third kappa shape index (κ3) is 5.02. The number of oxime groups is 1. The smallest absolute Gasteiger partial charge is 0.260 e. The lowest BCUT2D eigenvalue weighted by Crippen LogP contribution is -2.36. The summed E-state index contributed by atoms with van der Waals surface area (Å²) in [6, 6.07) is 0.310. The minimum absolute atomic E-state index is 0.0239. The summed E-state index contributed by atoms with van der Waals surface area (Å²) in [7, 11) is 0. The van der Waals surface area contributed by atoms with E-state index in [2.05, 4.69) is 10.5 Å². The highest BCUT2D eigenvalue weighted by molar-refractivity contribution is 5.82. The van der Waals surface area contributed by atoms with Gasteiger partial charge in [-0.2, -0.15) is 0 Å². The summed E-state index contributed by atoms with van der Waals surface area (Å²) in [6.45, 7) is -0.0239. The van der Waals surface area contributed by atoms with E-state index < -0.39 is 0 Å².